The highest BCUT2D eigenvalue weighted by molar-refractivity contribution is 5.89. The van der Waals surface area contributed by atoms with Gasteiger partial charge >= 0.3 is 6.03 Å². The number of hydrogen-bond donors (Lipinski definition) is 3. The Morgan fingerprint density at radius 1 is 1.35 bits per heavy atom. The molecule has 2 amide bonds. The van der Waals surface area contributed by atoms with Crippen molar-refractivity contribution in [1.82, 2.24) is 5.32 Å². The van der Waals surface area contributed by atoms with Gasteiger partial charge in [0.05, 0.1) is 0 Å². The first-order chi connectivity index (χ1) is 9.54. The first kappa shape index (κ1) is 14.9. The molecule has 0 bridgehead atoms. The average Bonchev–Trinajstić information content (AvgIpc) is 2.83. The molecule has 0 saturated heterocycles. The van der Waals surface area contributed by atoms with Gasteiger partial charge in [-0.3, -0.25) is 0 Å². The van der Waals surface area contributed by atoms with E-state index < -0.39 is 0 Å². The molecule has 0 aliphatic heterocycles. The van der Waals surface area contributed by atoms with Gasteiger partial charge in [0.25, 0.3) is 0 Å². The third-order valence-electron chi connectivity index (χ3n) is 4.05. The lowest BCUT2D eigenvalue weighted by Crippen LogP contribution is -2.32. The summed E-state index contributed by atoms with van der Waals surface area (Å²) in [6.45, 7) is 4.99. The van der Waals surface area contributed by atoms with Crippen LogP contribution in [0.1, 0.15) is 44.7 Å². The van der Waals surface area contributed by atoms with Crippen LogP contribution in [0.2, 0.25) is 0 Å². The van der Waals surface area contributed by atoms with Crippen LogP contribution in [0.25, 0.3) is 0 Å². The second-order valence-electron chi connectivity index (χ2n) is 6.03. The van der Waals surface area contributed by atoms with Crippen LogP contribution in [0.5, 0.6) is 0 Å². The van der Waals surface area contributed by atoms with Crippen LogP contribution in [0, 0.1) is 11.8 Å². The van der Waals surface area contributed by atoms with E-state index in [2.05, 4.69) is 17.6 Å². The van der Waals surface area contributed by atoms with Gasteiger partial charge in [0, 0.05) is 18.3 Å². The Labute approximate surface area is 121 Å². The Balaban J connectivity index is 1.76. The number of rotatable bonds is 4. The van der Waals surface area contributed by atoms with Crippen LogP contribution in [0.3, 0.4) is 0 Å². The zero-order valence-electron chi connectivity index (χ0n) is 12.4. The molecule has 0 spiro atoms. The summed E-state index contributed by atoms with van der Waals surface area (Å²) in [7, 11) is 0. The zero-order chi connectivity index (χ0) is 14.5. The van der Waals surface area contributed by atoms with Gasteiger partial charge in [-0.1, -0.05) is 25.5 Å². The monoisotopic (exact) mass is 275 g/mol. The molecule has 4 heteroatoms. The molecule has 0 heterocycles. The van der Waals surface area contributed by atoms with Gasteiger partial charge in [0.1, 0.15) is 0 Å². The van der Waals surface area contributed by atoms with E-state index in [0.29, 0.717) is 5.92 Å². The van der Waals surface area contributed by atoms with Gasteiger partial charge in [-0.15, -0.1) is 0 Å². The van der Waals surface area contributed by atoms with E-state index in [-0.39, 0.29) is 12.1 Å². The van der Waals surface area contributed by atoms with E-state index in [4.69, 9.17) is 5.73 Å². The molecule has 1 fully saturated rings. The summed E-state index contributed by atoms with van der Waals surface area (Å²) in [5.41, 5.74) is 7.66. The minimum Gasteiger partial charge on any atom is -0.338 e. The average molecular weight is 275 g/mol. The number of amides is 2. The van der Waals surface area contributed by atoms with E-state index in [1.807, 2.05) is 31.2 Å². The lowest BCUT2D eigenvalue weighted by Gasteiger charge is -2.12. The topological polar surface area (TPSA) is 67.2 Å². The highest BCUT2D eigenvalue weighted by Crippen LogP contribution is 2.29. The first-order valence-electron chi connectivity index (χ1n) is 7.45. The summed E-state index contributed by atoms with van der Waals surface area (Å²) in [6, 6.07) is 7.55. The maximum Gasteiger partial charge on any atom is 0.319 e. The first-order valence-corrected chi connectivity index (χ1v) is 7.45. The van der Waals surface area contributed by atoms with E-state index in [0.717, 1.165) is 23.7 Å². The number of nitrogens with two attached hydrogens (primary N) is 1. The number of nitrogens with one attached hydrogen (secondary N) is 2. The number of urea groups is 1. The van der Waals surface area contributed by atoms with Crippen LogP contribution >= 0.6 is 0 Å². The van der Waals surface area contributed by atoms with Crippen molar-refractivity contribution in [2.75, 3.05) is 11.9 Å². The molecule has 1 saturated carbocycles. The highest BCUT2D eigenvalue weighted by atomic mass is 16.2. The van der Waals surface area contributed by atoms with Crippen molar-refractivity contribution in [2.45, 2.75) is 39.2 Å². The fourth-order valence-electron chi connectivity index (χ4n) is 2.79. The fourth-order valence-corrected chi connectivity index (χ4v) is 2.79. The lowest BCUT2D eigenvalue weighted by atomic mass is 10.1. The molecular weight excluding hydrogens is 250 g/mol. The van der Waals surface area contributed by atoms with Crippen molar-refractivity contribution >= 4 is 11.7 Å². The summed E-state index contributed by atoms with van der Waals surface area (Å²) >= 11 is 0. The maximum atomic E-state index is 11.8. The normalized spacial score (nSPS) is 23.4. The second kappa shape index (κ2) is 6.75. The smallest absolute Gasteiger partial charge is 0.319 e. The maximum absolute atomic E-state index is 11.8. The van der Waals surface area contributed by atoms with E-state index in [1.54, 1.807) is 0 Å². The number of benzene rings is 1. The third-order valence-corrected chi connectivity index (χ3v) is 4.05. The molecule has 110 valence electrons. The summed E-state index contributed by atoms with van der Waals surface area (Å²) in [5, 5.41) is 5.81. The summed E-state index contributed by atoms with van der Waals surface area (Å²) in [6.07, 6.45) is 3.74. The Morgan fingerprint density at radius 3 is 2.60 bits per heavy atom. The second-order valence-corrected chi connectivity index (χ2v) is 6.03. The molecule has 1 aromatic carbocycles. The van der Waals surface area contributed by atoms with Gasteiger partial charge in [0.15, 0.2) is 0 Å². The van der Waals surface area contributed by atoms with Crippen LogP contribution in [-0.4, -0.2) is 12.6 Å². The standard InChI is InChI=1S/C16H25N3O/c1-11-3-4-13(9-11)10-18-16(20)19-15-7-5-14(6-8-15)12(2)17/h5-8,11-13H,3-4,9-10,17H2,1-2H3,(H2,18,19,20). The summed E-state index contributed by atoms with van der Waals surface area (Å²) < 4.78 is 0. The van der Waals surface area contributed by atoms with Crippen molar-refractivity contribution < 1.29 is 4.79 Å². The molecule has 1 aromatic rings. The van der Waals surface area contributed by atoms with Crippen molar-refractivity contribution in [2.24, 2.45) is 17.6 Å². The van der Waals surface area contributed by atoms with Crippen LogP contribution in [-0.2, 0) is 0 Å². The Hall–Kier alpha value is -1.55. The molecule has 2 rings (SSSR count). The van der Waals surface area contributed by atoms with E-state index >= 15 is 0 Å². The van der Waals surface area contributed by atoms with E-state index in [9.17, 15) is 4.79 Å². The zero-order valence-corrected chi connectivity index (χ0v) is 12.4. The third kappa shape index (κ3) is 4.23. The molecule has 3 unspecified atom stereocenters. The lowest BCUT2D eigenvalue weighted by molar-refractivity contribution is 0.250. The Kier molecular flexibility index (Phi) is 5.01. The minimum atomic E-state index is -0.127. The molecule has 4 N–H and O–H groups in total. The number of carbonyl (C=O) groups is 1. The number of hydrogen-bond acceptors (Lipinski definition) is 2. The highest BCUT2D eigenvalue weighted by Gasteiger charge is 2.21. The van der Waals surface area contributed by atoms with Crippen LogP contribution < -0.4 is 16.4 Å². The van der Waals surface area contributed by atoms with E-state index in [1.165, 1.54) is 19.3 Å². The van der Waals surface area contributed by atoms with Crippen LogP contribution in [0.15, 0.2) is 24.3 Å². The molecule has 20 heavy (non-hydrogen) atoms. The van der Waals surface area contributed by atoms with Crippen molar-refractivity contribution in [1.29, 1.82) is 0 Å². The van der Waals surface area contributed by atoms with Crippen molar-refractivity contribution in [3.63, 3.8) is 0 Å². The minimum absolute atomic E-state index is 0.0160. The number of carbonyl (C=O) groups excluding carboxylic acids is 1. The fraction of sp³-hybridized carbons (Fsp3) is 0.562. The molecule has 1 aliphatic rings. The molecular formula is C16H25N3O. The van der Waals surface area contributed by atoms with Crippen molar-refractivity contribution in [3.8, 4) is 0 Å². The van der Waals surface area contributed by atoms with Crippen LogP contribution in [0.4, 0.5) is 10.5 Å². The predicted molar refractivity (Wildman–Crippen MR) is 82.6 cm³/mol. The quantitative estimate of drug-likeness (QED) is 0.789. The van der Waals surface area contributed by atoms with Gasteiger partial charge < -0.3 is 16.4 Å². The summed E-state index contributed by atoms with van der Waals surface area (Å²) in [4.78, 5) is 11.8. The number of anilines is 1. The van der Waals surface area contributed by atoms with Gasteiger partial charge in [-0.05, 0) is 49.3 Å². The Morgan fingerprint density at radius 2 is 2.05 bits per heavy atom. The van der Waals surface area contributed by atoms with Gasteiger partial charge in [0.2, 0.25) is 0 Å². The van der Waals surface area contributed by atoms with Gasteiger partial charge in [-0.25, -0.2) is 4.79 Å². The van der Waals surface area contributed by atoms with Gasteiger partial charge in [-0.2, -0.15) is 0 Å². The predicted octanol–water partition coefficient (Wildman–Crippen LogP) is 3.26. The molecule has 1 aliphatic carbocycles. The van der Waals surface area contributed by atoms with Crippen molar-refractivity contribution in [3.05, 3.63) is 29.8 Å². The summed E-state index contributed by atoms with van der Waals surface area (Å²) in [5.74, 6) is 1.44. The molecule has 0 aromatic heterocycles. The Bertz CT molecular complexity index is 442. The largest absolute Gasteiger partial charge is 0.338 e. The molecule has 4 nitrogen and oxygen atoms in total. The molecule has 0 radical (unpaired) electrons. The molecule has 3 atom stereocenters. The SMILES string of the molecule is CC1CCC(CNC(=O)Nc2ccc(C(C)N)cc2)C1.